The first-order valence-electron chi connectivity index (χ1n) is 7.62. The molecule has 20 heavy (non-hydrogen) atoms. The number of esters is 2. The Morgan fingerprint density at radius 2 is 1.05 bits per heavy atom. The zero-order valence-corrected chi connectivity index (χ0v) is 12.3. The Hall–Kier alpha value is -1.06. The van der Waals surface area contributed by atoms with Gasteiger partial charge in [-0.25, -0.2) is 0 Å². The largest absolute Gasteiger partial charge is 0.469 e. The van der Waals surface area contributed by atoms with E-state index in [-0.39, 0.29) is 23.8 Å². The van der Waals surface area contributed by atoms with Crippen LogP contribution < -0.4 is 0 Å². The highest BCUT2D eigenvalue weighted by atomic mass is 16.5. The third-order valence-electron chi connectivity index (χ3n) is 8.53. The molecular weight excluding hydrogens is 256 g/mol. The first-order valence-corrected chi connectivity index (χ1v) is 7.62. The summed E-state index contributed by atoms with van der Waals surface area (Å²) in [6.07, 6.45) is 0. The van der Waals surface area contributed by atoms with E-state index in [1.54, 1.807) is 0 Å². The van der Waals surface area contributed by atoms with E-state index in [0.717, 1.165) is 0 Å². The summed E-state index contributed by atoms with van der Waals surface area (Å²) in [5.41, 5.74) is 0.910. The molecule has 10 atom stereocenters. The Morgan fingerprint density at radius 1 is 0.750 bits per heavy atom. The maximum Gasteiger partial charge on any atom is 0.309 e. The molecule has 6 aliphatic carbocycles. The number of hydrogen-bond acceptors (Lipinski definition) is 4. The summed E-state index contributed by atoms with van der Waals surface area (Å²) in [4.78, 5) is 24.5. The molecule has 6 aliphatic rings. The van der Waals surface area contributed by atoms with Crippen LogP contribution in [0.1, 0.15) is 13.8 Å². The van der Waals surface area contributed by atoms with Gasteiger partial charge in [0.1, 0.15) is 0 Å². The second-order valence-electron chi connectivity index (χ2n) is 7.92. The summed E-state index contributed by atoms with van der Waals surface area (Å²) in [6.45, 7) is 4.80. The van der Waals surface area contributed by atoms with Crippen LogP contribution in [0.25, 0.3) is 0 Å². The van der Waals surface area contributed by atoms with E-state index in [1.165, 1.54) is 14.2 Å². The summed E-state index contributed by atoms with van der Waals surface area (Å²) in [6, 6.07) is 0. The van der Waals surface area contributed by atoms with Crippen LogP contribution in [0, 0.1) is 58.2 Å². The summed E-state index contributed by atoms with van der Waals surface area (Å²) < 4.78 is 10.0. The highest BCUT2D eigenvalue weighted by Crippen LogP contribution is 3.03. The lowest BCUT2D eigenvalue weighted by atomic mass is 9.00. The molecular formula is C16H20O4. The fourth-order valence-corrected chi connectivity index (χ4v) is 8.20. The fraction of sp³-hybridized carbons (Fsp3) is 0.875. The van der Waals surface area contributed by atoms with Gasteiger partial charge in [0.25, 0.3) is 0 Å². The molecule has 108 valence electrons. The Morgan fingerprint density at radius 3 is 1.30 bits per heavy atom. The first kappa shape index (κ1) is 11.6. The van der Waals surface area contributed by atoms with Crippen LogP contribution in [-0.4, -0.2) is 26.2 Å². The smallest absolute Gasteiger partial charge is 0.309 e. The van der Waals surface area contributed by atoms with Crippen molar-refractivity contribution in [2.24, 2.45) is 58.2 Å². The number of rotatable bonds is 2. The SMILES string of the molecule is COC(=O)[C@@H]1C2[C@@H]3[C@H]4C([C@@H]1C(=O)OC)[C@H]1[C@@H]2C3(C)C41C. The second kappa shape index (κ2) is 2.79. The van der Waals surface area contributed by atoms with Crippen molar-refractivity contribution in [3.63, 3.8) is 0 Å². The number of carbonyl (C=O) groups excluding carboxylic acids is 2. The molecule has 0 amide bonds. The Labute approximate surface area is 118 Å². The Bertz CT molecular complexity index is 497. The molecule has 0 N–H and O–H groups in total. The highest BCUT2D eigenvalue weighted by Gasteiger charge is 3.01. The molecule has 0 aromatic carbocycles. The van der Waals surface area contributed by atoms with Crippen LogP contribution in [0.2, 0.25) is 0 Å². The molecule has 0 radical (unpaired) electrons. The topological polar surface area (TPSA) is 52.6 Å². The molecule has 2 bridgehead atoms. The van der Waals surface area contributed by atoms with Gasteiger partial charge in [-0.15, -0.1) is 0 Å². The number of fused-ring (bicyclic) bond motifs is 1. The van der Waals surface area contributed by atoms with Crippen LogP contribution >= 0.6 is 0 Å². The normalized spacial score (nSPS) is 65.8. The summed E-state index contributed by atoms with van der Waals surface area (Å²) >= 11 is 0. The van der Waals surface area contributed by atoms with Crippen LogP contribution in [0.15, 0.2) is 0 Å². The minimum absolute atomic E-state index is 0.199. The molecule has 6 fully saturated rings. The average Bonchev–Trinajstić information content (AvgIpc) is 2.49. The predicted molar refractivity (Wildman–Crippen MR) is 68.2 cm³/mol. The van der Waals surface area contributed by atoms with E-state index in [2.05, 4.69) is 13.8 Å². The minimum atomic E-state index is -0.252. The number of ether oxygens (including phenoxy) is 2. The highest BCUT2D eigenvalue weighted by molar-refractivity contribution is 5.85. The van der Waals surface area contributed by atoms with Crippen molar-refractivity contribution in [2.75, 3.05) is 14.2 Å². The lowest BCUT2D eigenvalue weighted by molar-refractivity contribution is -0.573. The quantitative estimate of drug-likeness (QED) is 0.714. The van der Waals surface area contributed by atoms with Gasteiger partial charge in [-0.05, 0) is 46.3 Å². The van der Waals surface area contributed by atoms with Crippen LogP contribution in [0.3, 0.4) is 0 Å². The average molecular weight is 276 g/mol. The van der Waals surface area contributed by atoms with Crippen LogP contribution in [-0.2, 0) is 19.1 Å². The van der Waals surface area contributed by atoms with Crippen molar-refractivity contribution in [3.05, 3.63) is 0 Å². The van der Waals surface area contributed by atoms with E-state index < -0.39 is 0 Å². The van der Waals surface area contributed by atoms with Gasteiger partial charge in [-0.1, -0.05) is 13.8 Å². The number of carbonyl (C=O) groups is 2. The molecule has 4 unspecified atom stereocenters. The Kier molecular flexibility index (Phi) is 1.62. The van der Waals surface area contributed by atoms with Crippen LogP contribution in [0.4, 0.5) is 0 Å². The lowest BCUT2D eigenvalue weighted by Gasteiger charge is -3.03. The van der Waals surface area contributed by atoms with E-state index >= 15 is 0 Å². The lowest BCUT2D eigenvalue weighted by Crippen LogP contribution is -3.02. The third-order valence-corrected chi connectivity index (χ3v) is 8.53. The van der Waals surface area contributed by atoms with Gasteiger partial charge in [0.2, 0.25) is 0 Å². The molecule has 6 rings (SSSR count). The number of hydrogen-bond donors (Lipinski definition) is 0. The Balaban J connectivity index is 1.59. The molecule has 0 aromatic heterocycles. The molecule has 0 spiro atoms. The van der Waals surface area contributed by atoms with E-state index in [9.17, 15) is 9.59 Å². The van der Waals surface area contributed by atoms with Crippen molar-refractivity contribution in [3.8, 4) is 0 Å². The van der Waals surface area contributed by atoms with E-state index in [1.807, 2.05) is 0 Å². The molecule has 4 heteroatoms. The van der Waals surface area contributed by atoms with Gasteiger partial charge in [-0.2, -0.15) is 0 Å². The molecule has 0 saturated heterocycles. The van der Waals surface area contributed by atoms with Gasteiger partial charge < -0.3 is 9.47 Å². The van der Waals surface area contributed by atoms with E-state index in [4.69, 9.17) is 9.47 Å². The monoisotopic (exact) mass is 276 g/mol. The first-order chi connectivity index (χ1) is 9.46. The fourth-order valence-electron chi connectivity index (χ4n) is 8.20. The zero-order valence-electron chi connectivity index (χ0n) is 12.3. The molecule has 0 heterocycles. The number of methoxy groups -OCH3 is 2. The van der Waals surface area contributed by atoms with Crippen LogP contribution in [0.5, 0.6) is 0 Å². The summed E-state index contributed by atoms with van der Waals surface area (Å²) in [5, 5.41) is 0. The summed E-state index contributed by atoms with van der Waals surface area (Å²) in [7, 11) is 2.86. The van der Waals surface area contributed by atoms with Gasteiger partial charge in [0, 0.05) is 0 Å². The predicted octanol–water partition coefficient (Wildman–Crippen LogP) is 1.34. The van der Waals surface area contributed by atoms with Gasteiger partial charge in [0.05, 0.1) is 26.1 Å². The molecule has 0 aliphatic heterocycles. The third kappa shape index (κ3) is 0.674. The zero-order chi connectivity index (χ0) is 14.2. The standard InChI is InChI=1S/C16H20O4/c1-15-9-7-5(13(17)19-3)6(14(18)20-4)8-11(9)16(15,2)12(8)10(7)15/h5-12H,1-4H3/t5-,6+,7?,8?,9-,10+,11-,12-,15?,16?/m1/s1. The second-order valence-corrected chi connectivity index (χ2v) is 7.92. The van der Waals surface area contributed by atoms with Crippen molar-refractivity contribution < 1.29 is 19.1 Å². The van der Waals surface area contributed by atoms with Crippen molar-refractivity contribution in [1.29, 1.82) is 0 Å². The van der Waals surface area contributed by atoms with Crippen molar-refractivity contribution >= 4 is 11.9 Å². The van der Waals surface area contributed by atoms with Gasteiger partial charge >= 0.3 is 11.9 Å². The van der Waals surface area contributed by atoms with Crippen molar-refractivity contribution in [2.45, 2.75) is 13.8 Å². The van der Waals surface area contributed by atoms with E-state index in [0.29, 0.717) is 46.3 Å². The maximum atomic E-state index is 12.2. The molecule has 4 nitrogen and oxygen atoms in total. The maximum absolute atomic E-state index is 12.2. The van der Waals surface area contributed by atoms with Gasteiger partial charge in [-0.3, -0.25) is 9.59 Å². The van der Waals surface area contributed by atoms with Crippen molar-refractivity contribution in [1.82, 2.24) is 0 Å². The summed E-state index contributed by atoms with van der Waals surface area (Å²) in [5.74, 6) is 2.45. The van der Waals surface area contributed by atoms with Gasteiger partial charge in [0.15, 0.2) is 0 Å². The molecule has 6 saturated carbocycles. The minimum Gasteiger partial charge on any atom is -0.469 e. The molecule has 0 aromatic rings.